The number of hydrogen-bond donors (Lipinski definition) is 0. The second kappa shape index (κ2) is 17.8. The number of rotatable bonds is 15. The van der Waals surface area contributed by atoms with Crippen LogP contribution in [-0.2, 0) is 19.1 Å². The molecule has 138 valence electrons. The summed E-state index contributed by atoms with van der Waals surface area (Å²) >= 11 is 0. The van der Waals surface area contributed by atoms with Gasteiger partial charge in [0, 0.05) is 12.8 Å². The maximum absolute atomic E-state index is 11.1. The molecule has 0 aromatic carbocycles. The normalized spacial score (nSPS) is 11.2. The summed E-state index contributed by atoms with van der Waals surface area (Å²) in [5, 5.41) is 0. The van der Waals surface area contributed by atoms with Gasteiger partial charge in [0.1, 0.15) is 0 Å². The molecule has 0 unspecified atom stereocenters. The van der Waals surface area contributed by atoms with E-state index in [1.165, 1.54) is 25.7 Å². The first-order chi connectivity index (χ1) is 11.7. The van der Waals surface area contributed by atoms with Crippen molar-refractivity contribution in [1.82, 2.24) is 0 Å². The SMILES string of the molecule is CCOC(=O)CC/C=C/CCCCCC/C=C/CCC(=O)OCC. The van der Waals surface area contributed by atoms with Gasteiger partial charge in [0.15, 0.2) is 0 Å². The highest BCUT2D eigenvalue weighted by molar-refractivity contribution is 5.69. The highest BCUT2D eigenvalue weighted by Gasteiger charge is 1.98. The van der Waals surface area contributed by atoms with E-state index in [2.05, 4.69) is 24.3 Å². The van der Waals surface area contributed by atoms with Crippen LogP contribution in [0.2, 0.25) is 0 Å². The van der Waals surface area contributed by atoms with Gasteiger partial charge < -0.3 is 9.47 Å². The molecule has 0 aromatic heterocycles. The minimum Gasteiger partial charge on any atom is -0.466 e. The molecule has 0 aliphatic heterocycles. The number of carbonyl (C=O) groups is 2. The zero-order chi connectivity index (χ0) is 17.9. The van der Waals surface area contributed by atoms with E-state index in [1.54, 1.807) is 0 Å². The summed E-state index contributed by atoms with van der Waals surface area (Å²) < 4.78 is 9.74. The lowest BCUT2D eigenvalue weighted by molar-refractivity contribution is -0.143. The third-order valence-electron chi connectivity index (χ3n) is 3.47. The van der Waals surface area contributed by atoms with Crippen LogP contribution in [0.1, 0.15) is 78.1 Å². The number of hydrogen-bond acceptors (Lipinski definition) is 4. The van der Waals surface area contributed by atoms with Crippen molar-refractivity contribution < 1.29 is 19.1 Å². The van der Waals surface area contributed by atoms with Crippen LogP contribution in [0.4, 0.5) is 0 Å². The second-order valence-electron chi connectivity index (χ2n) is 5.62. The molecule has 0 aromatic rings. The van der Waals surface area contributed by atoms with Crippen molar-refractivity contribution in [2.75, 3.05) is 13.2 Å². The number of carbonyl (C=O) groups excluding carboxylic acids is 2. The van der Waals surface area contributed by atoms with Gasteiger partial charge in [-0.15, -0.1) is 0 Å². The third kappa shape index (κ3) is 16.8. The summed E-state index contributed by atoms with van der Waals surface area (Å²) in [5.41, 5.74) is 0. The number of allylic oxidation sites excluding steroid dienone is 4. The molecule has 0 aliphatic rings. The number of unbranched alkanes of at least 4 members (excludes halogenated alkanes) is 5. The van der Waals surface area contributed by atoms with Crippen LogP contribution in [0.25, 0.3) is 0 Å². The highest BCUT2D eigenvalue weighted by Crippen LogP contribution is 2.07. The Morgan fingerprint density at radius 3 is 1.38 bits per heavy atom. The predicted molar refractivity (Wildman–Crippen MR) is 97.7 cm³/mol. The summed E-state index contributed by atoms with van der Waals surface area (Å²) in [7, 11) is 0. The van der Waals surface area contributed by atoms with Crippen molar-refractivity contribution in [3.63, 3.8) is 0 Å². The molecule has 0 fully saturated rings. The molecule has 0 rings (SSSR count). The van der Waals surface area contributed by atoms with Crippen LogP contribution in [0.3, 0.4) is 0 Å². The Bertz CT molecular complexity index is 336. The van der Waals surface area contributed by atoms with Gasteiger partial charge >= 0.3 is 11.9 Å². The third-order valence-corrected chi connectivity index (χ3v) is 3.47. The molecule has 0 saturated heterocycles. The Labute approximate surface area is 147 Å². The summed E-state index contributed by atoms with van der Waals surface area (Å²) in [4.78, 5) is 22.2. The Balaban J connectivity index is 3.30. The Hall–Kier alpha value is -1.58. The molecule has 0 spiro atoms. The van der Waals surface area contributed by atoms with Gasteiger partial charge in [0.25, 0.3) is 0 Å². The van der Waals surface area contributed by atoms with Crippen LogP contribution in [-0.4, -0.2) is 25.2 Å². The van der Waals surface area contributed by atoms with Crippen LogP contribution < -0.4 is 0 Å². The summed E-state index contributed by atoms with van der Waals surface area (Å²) in [6.07, 6.45) is 18.0. The van der Waals surface area contributed by atoms with Gasteiger partial charge in [-0.2, -0.15) is 0 Å². The molecule has 0 aliphatic carbocycles. The van der Waals surface area contributed by atoms with Gasteiger partial charge in [0.05, 0.1) is 13.2 Å². The van der Waals surface area contributed by atoms with Gasteiger partial charge in [-0.3, -0.25) is 9.59 Å². The zero-order valence-corrected chi connectivity index (χ0v) is 15.4. The Kier molecular flexibility index (Phi) is 16.6. The fourth-order valence-electron chi connectivity index (χ4n) is 2.22. The molecule has 0 N–H and O–H groups in total. The molecule has 0 heterocycles. The van der Waals surface area contributed by atoms with Gasteiger partial charge in [-0.25, -0.2) is 0 Å². The summed E-state index contributed by atoms with van der Waals surface area (Å²) in [6, 6.07) is 0. The predicted octanol–water partition coefficient (Wildman–Crippen LogP) is 5.13. The lowest BCUT2D eigenvalue weighted by atomic mass is 10.1. The Morgan fingerprint density at radius 2 is 1.00 bits per heavy atom. The molecule has 0 bridgehead atoms. The molecule has 4 nitrogen and oxygen atoms in total. The average molecular weight is 338 g/mol. The van der Waals surface area contributed by atoms with E-state index in [-0.39, 0.29) is 11.9 Å². The fraction of sp³-hybridized carbons (Fsp3) is 0.700. The van der Waals surface area contributed by atoms with E-state index in [0.29, 0.717) is 26.1 Å². The van der Waals surface area contributed by atoms with Crippen molar-refractivity contribution in [2.24, 2.45) is 0 Å². The maximum Gasteiger partial charge on any atom is 0.306 e. The monoisotopic (exact) mass is 338 g/mol. The summed E-state index contributed by atoms with van der Waals surface area (Å²) in [5.74, 6) is -0.227. The van der Waals surface area contributed by atoms with Crippen molar-refractivity contribution in [1.29, 1.82) is 0 Å². The largest absolute Gasteiger partial charge is 0.466 e. The number of esters is 2. The zero-order valence-electron chi connectivity index (χ0n) is 15.4. The molecular weight excluding hydrogens is 304 g/mol. The van der Waals surface area contributed by atoms with Gasteiger partial charge in [-0.1, -0.05) is 37.1 Å². The lowest BCUT2D eigenvalue weighted by Gasteiger charge is -1.99. The lowest BCUT2D eigenvalue weighted by Crippen LogP contribution is -2.02. The molecule has 4 heteroatoms. The van der Waals surface area contributed by atoms with E-state index in [0.717, 1.165) is 25.7 Å². The van der Waals surface area contributed by atoms with E-state index in [1.807, 2.05) is 13.8 Å². The molecule has 0 radical (unpaired) electrons. The fourth-order valence-corrected chi connectivity index (χ4v) is 2.22. The van der Waals surface area contributed by atoms with Crippen molar-refractivity contribution in [3.8, 4) is 0 Å². The molecule has 0 amide bonds. The van der Waals surface area contributed by atoms with E-state index >= 15 is 0 Å². The van der Waals surface area contributed by atoms with Crippen LogP contribution >= 0.6 is 0 Å². The van der Waals surface area contributed by atoms with E-state index < -0.39 is 0 Å². The van der Waals surface area contributed by atoms with Crippen molar-refractivity contribution in [3.05, 3.63) is 24.3 Å². The first kappa shape index (κ1) is 22.4. The quantitative estimate of drug-likeness (QED) is 0.236. The minimum absolute atomic E-state index is 0.113. The van der Waals surface area contributed by atoms with Crippen LogP contribution in [0.15, 0.2) is 24.3 Å². The highest BCUT2D eigenvalue weighted by atomic mass is 16.5. The second-order valence-corrected chi connectivity index (χ2v) is 5.62. The van der Waals surface area contributed by atoms with Crippen molar-refractivity contribution >= 4 is 11.9 Å². The topological polar surface area (TPSA) is 52.6 Å². The van der Waals surface area contributed by atoms with Crippen LogP contribution in [0, 0.1) is 0 Å². The molecule has 0 saturated carbocycles. The van der Waals surface area contributed by atoms with Crippen LogP contribution in [0.5, 0.6) is 0 Å². The van der Waals surface area contributed by atoms with Crippen molar-refractivity contribution in [2.45, 2.75) is 78.1 Å². The average Bonchev–Trinajstić information content (AvgIpc) is 2.55. The summed E-state index contributed by atoms with van der Waals surface area (Å²) in [6.45, 7) is 4.58. The number of ether oxygens (including phenoxy) is 2. The van der Waals surface area contributed by atoms with E-state index in [9.17, 15) is 9.59 Å². The van der Waals surface area contributed by atoms with Gasteiger partial charge in [-0.05, 0) is 52.4 Å². The Morgan fingerprint density at radius 1 is 0.625 bits per heavy atom. The maximum atomic E-state index is 11.1. The molecular formula is C20H34O4. The van der Waals surface area contributed by atoms with E-state index in [4.69, 9.17) is 9.47 Å². The van der Waals surface area contributed by atoms with Gasteiger partial charge in [0.2, 0.25) is 0 Å². The molecule has 24 heavy (non-hydrogen) atoms. The standard InChI is InChI=1S/C20H34O4/c1-3-23-19(21)17-15-13-11-9-7-5-6-8-10-12-14-16-18-20(22)24-4-2/h11-14H,3-10,15-18H2,1-2H3/b13-11+,14-12+. The first-order valence-electron chi connectivity index (χ1n) is 9.31. The minimum atomic E-state index is -0.113. The first-order valence-corrected chi connectivity index (χ1v) is 9.31. The smallest absolute Gasteiger partial charge is 0.306 e. The molecule has 0 atom stereocenters.